The van der Waals surface area contributed by atoms with Crippen LogP contribution in [-0.4, -0.2) is 17.6 Å². The minimum absolute atomic E-state index is 0.404. The van der Waals surface area contributed by atoms with Crippen molar-refractivity contribution in [2.24, 2.45) is 5.92 Å². The van der Waals surface area contributed by atoms with Crippen LogP contribution in [0.5, 0.6) is 0 Å². The molecule has 1 aromatic heterocycles. The largest absolute Gasteiger partial charge is 0.310 e. The molecule has 0 amide bonds. The van der Waals surface area contributed by atoms with Gasteiger partial charge in [0.2, 0.25) is 5.95 Å². The Morgan fingerprint density at radius 2 is 2.24 bits per heavy atom. The number of hydrogen-bond donors (Lipinski definition) is 1. The van der Waals surface area contributed by atoms with E-state index >= 15 is 0 Å². The van der Waals surface area contributed by atoms with Crippen molar-refractivity contribution in [2.75, 3.05) is 6.54 Å². The second-order valence-corrected chi connectivity index (χ2v) is 4.94. The van der Waals surface area contributed by atoms with E-state index in [9.17, 15) is 4.39 Å². The van der Waals surface area contributed by atoms with E-state index in [0.29, 0.717) is 6.04 Å². The molecule has 1 saturated heterocycles. The van der Waals surface area contributed by atoms with Gasteiger partial charge in [-0.2, -0.15) is 4.39 Å². The van der Waals surface area contributed by atoms with Crippen molar-refractivity contribution in [2.45, 2.75) is 31.7 Å². The van der Waals surface area contributed by atoms with E-state index in [1.807, 2.05) is 6.07 Å². The zero-order chi connectivity index (χ0) is 11.7. The monoisotopic (exact) mass is 232 g/mol. The first-order valence-electron chi connectivity index (χ1n) is 6.40. The molecule has 1 fully saturated rings. The molecule has 1 aromatic rings. The lowest BCUT2D eigenvalue weighted by molar-refractivity contribution is 0.304. The van der Waals surface area contributed by atoms with E-state index in [2.05, 4.69) is 16.4 Å². The summed E-state index contributed by atoms with van der Waals surface area (Å²) >= 11 is 0. The number of nitrogens with zero attached hydrogens (tertiary/aromatic N) is 1. The summed E-state index contributed by atoms with van der Waals surface area (Å²) in [6.45, 7) is 1.09. The third-order valence-corrected chi connectivity index (χ3v) is 3.88. The van der Waals surface area contributed by atoms with E-state index in [1.165, 1.54) is 30.9 Å². The van der Waals surface area contributed by atoms with Crippen molar-refractivity contribution in [3.8, 4) is 0 Å². The standard InChI is InChI=1S/C14H17FN2/c15-13-7-6-11(9-17-13)12-5-1-3-10-4-2-8-16-14(10)12/h5-7,9-10,14,16H,1-4,8H2. The zero-order valence-corrected chi connectivity index (χ0v) is 9.82. The lowest BCUT2D eigenvalue weighted by Gasteiger charge is -2.37. The van der Waals surface area contributed by atoms with Crippen LogP contribution in [0.25, 0.3) is 5.57 Å². The van der Waals surface area contributed by atoms with Crippen LogP contribution in [-0.2, 0) is 0 Å². The number of hydrogen-bond acceptors (Lipinski definition) is 2. The predicted octanol–water partition coefficient (Wildman–Crippen LogP) is 2.77. The molecule has 1 aliphatic heterocycles. The third kappa shape index (κ3) is 2.12. The molecule has 2 aliphatic rings. The summed E-state index contributed by atoms with van der Waals surface area (Å²) in [5.74, 6) is 0.340. The summed E-state index contributed by atoms with van der Waals surface area (Å²) in [4.78, 5) is 3.76. The summed E-state index contributed by atoms with van der Waals surface area (Å²) in [5, 5.41) is 3.59. The van der Waals surface area contributed by atoms with Gasteiger partial charge in [0, 0.05) is 12.2 Å². The molecule has 3 rings (SSSR count). The predicted molar refractivity (Wildman–Crippen MR) is 65.9 cm³/mol. The number of fused-ring (bicyclic) bond motifs is 1. The number of aromatic nitrogens is 1. The molecule has 90 valence electrons. The Morgan fingerprint density at radius 1 is 1.29 bits per heavy atom. The van der Waals surface area contributed by atoms with Crippen molar-refractivity contribution in [1.29, 1.82) is 0 Å². The fraction of sp³-hybridized carbons (Fsp3) is 0.500. The molecular formula is C14H17FN2. The molecule has 17 heavy (non-hydrogen) atoms. The van der Waals surface area contributed by atoms with Crippen LogP contribution in [0.4, 0.5) is 4.39 Å². The van der Waals surface area contributed by atoms with E-state index < -0.39 is 5.95 Å². The highest BCUT2D eigenvalue weighted by Crippen LogP contribution is 2.35. The molecule has 0 radical (unpaired) electrons. The van der Waals surface area contributed by atoms with Gasteiger partial charge in [-0.3, -0.25) is 0 Å². The van der Waals surface area contributed by atoms with Gasteiger partial charge in [-0.05, 0) is 61.4 Å². The van der Waals surface area contributed by atoms with Crippen molar-refractivity contribution in [1.82, 2.24) is 10.3 Å². The molecule has 2 unspecified atom stereocenters. The Balaban J connectivity index is 1.90. The minimum Gasteiger partial charge on any atom is -0.310 e. The van der Waals surface area contributed by atoms with Crippen LogP contribution in [0, 0.1) is 11.9 Å². The molecule has 1 aliphatic carbocycles. The highest BCUT2D eigenvalue weighted by Gasteiger charge is 2.30. The van der Waals surface area contributed by atoms with Crippen molar-refractivity contribution in [3.63, 3.8) is 0 Å². The Morgan fingerprint density at radius 3 is 3.06 bits per heavy atom. The van der Waals surface area contributed by atoms with Crippen LogP contribution in [0.15, 0.2) is 24.4 Å². The number of piperidine rings is 1. The van der Waals surface area contributed by atoms with Crippen LogP contribution in [0.3, 0.4) is 0 Å². The highest BCUT2D eigenvalue weighted by atomic mass is 19.1. The molecule has 0 saturated carbocycles. The van der Waals surface area contributed by atoms with Crippen LogP contribution in [0.2, 0.25) is 0 Å². The summed E-state index contributed by atoms with van der Waals surface area (Å²) < 4.78 is 12.8. The summed E-state index contributed by atoms with van der Waals surface area (Å²) in [6.07, 6.45) is 8.93. The van der Waals surface area contributed by atoms with Gasteiger partial charge in [-0.1, -0.05) is 6.08 Å². The minimum atomic E-state index is -0.404. The average Bonchev–Trinajstić information content (AvgIpc) is 2.39. The summed E-state index contributed by atoms with van der Waals surface area (Å²) in [5.41, 5.74) is 2.38. The maximum atomic E-state index is 12.8. The first-order chi connectivity index (χ1) is 8.34. The first kappa shape index (κ1) is 10.9. The molecule has 2 nitrogen and oxygen atoms in total. The number of nitrogens with one attached hydrogen (secondary N) is 1. The van der Waals surface area contributed by atoms with E-state index in [1.54, 1.807) is 6.20 Å². The van der Waals surface area contributed by atoms with E-state index in [4.69, 9.17) is 0 Å². The van der Waals surface area contributed by atoms with E-state index in [0.717, 1.165) is 24.4 Å². The third-order valence-electron chi connectivity index (χ3n) is 3.88. The number of pyridine rings is 1. The lowest BCUT2D eigenvalue weighted by atomic mass is 9.77. The van der Waals surface area contributed by atoms with Gasteiger partial charge in [0.05, 0.1) is 0 Å². The summed E-state index contributed by atoms with van der Waals surface area (Å²) in [7, 11) is 0. The smallest absolute Gasteiger partial charge is 0.212 e. The average molecular weight is 232 g/mol. The number of allylic oxidation sites excluding steroid dienone is 1. The fourth-order valence-corrected chi connectivity index (χ4v) is 3.05. The topological polar surface area (TPSA) is 24.9 Å². The zero-order valence-electron chi connectivity index (χ0n) is 9.82. The first-order valence-corrected chi connectivity index (χ1v) is 6.40. The SMILES string of the molecule is Fc1ccc(C2=CCCC3CCCNC23)cn1. The van der Waals surface area contributed by atoms with Gasteiger partial charge in [0.15, 0.2) is 0 Å². The second-order valence-electron chi connectivity index (χ2n) is 4.94. The maximum Gasteiger partial charge on any atom is 0.212 e. The van der Waals surface area contributed by atoms with Crippen molar-refractivity contribution < 1.29 is 4.39 Å². The molecule has 3 heteroatoms. The van der Waals surface area contributed by atoms with Crippen LogP contribution >= 0.6 is 0 Å². The Kier molecular flexibility index (Phi) is 2.93. The molecular weight excluding hydrogens is 215 g/mol. The van der Waals surface area contributed by atoms with Gasteiger partial charge in [-0.15, -0.1) is 0 Å². The molecule has 2 atom stereocenters. The molecule has 1 N–H and O–H groups in total. The van der Waals surface area contributed by atoms with Crippen molar-refractivity contribution in [3.05, 3.63) is 35.9 Å². The highest BCUT2D eigenvalue weighted by molar-refractivity contribution is 5.70. The quantitative estimate of drug-likeness (QED) is 0.753. The Labute approximate surface area is 101 Å². The number of rotatable bonds is 1. The van der Waals surface area contributed by atoms with Gasteiger partial charge in [0.1, 0.15) is 0 Å². The van der Waals surface area contributed by atoms with Crippen molar-refractivity contribution >= 4 is 5.57 Å². The fourth-order valence-electron chi connectivity index (χ4n) is 3.05. The van der Waals surface area contributed by atoms with Gasteiger partial charge >= 0.3 is 0 Å². The van der Waals surface area contributed by atoms with Crippen LogP contribution < -0.4 is 5.32 Å². The Hall–Kier alpha value is -1.22. The molecule has 0 aromatic carbocycles. The lowest BCUT2D eigenvalue weighted by Crippen LogP contribution is -2.43. The number of halogens is 1. The normalized spacial score (nSPS) is 28.4. The molecule has 2 heterocycles. The van der Waals surface area contributed by atoms with E-state index in [-0.39, 0.29) is 0 Å². The Bertz CT molecular complexity index is 424. The summed E-state index contributed by atoms with van der Waals surface area (Å²) in [6, 6.07) is 3.74. The molecule has 0 spiro atoms. The maximum absolute atomic E-state index is 12.8. The molecule has 0 bridgehead atoms. The second kappa shape index (κ2) is 4.57. The van der Waals surface area contributed by atoms with Gasteiger partial charge in [-0.25, -0.2) is 4.98 Å². The van der Waals surface area contributed by atoms with Gasteiger partial charge < -0.3 is 5.32 Å². The van der Waals surface area contributed by atoms with Crippen LogP contribution in [0.1, 0.15) is 31.2 Å². The van der Waals surface area contributed by atoms with Gasteiger partial charge in [0.25, 0.3) is 0 Å².